The van der Waals surface area contributed by atoms with Crippen LogP contribution in [0.15, 0.2) is 5.38 Å². The van der Waals surface area contributed by atoms with E-state index in [0.29, 0.717) is 11.6 Å². The average molecular weight is 284 g/mol. The van der Waals surface area contributed by atoms with Crippen molar-refractivity contribution in [1.29, 1.82) is 0 Å². The lowest BCUT2D eigenvalue weighted by molar-refractivity contribution is -0.126. The molecule has 2 unspecified atom stereocenters. The summed E-state index contributed by atoms with van der Waals surface area (Å²) in [4.78, 5) is 26.6. The fourth-order valence-corrected chi connectivity index (χ4v) is 2.84. The second kappa shape index (κ2) is 6.12. The number of aromatic nitrogens is 1. The number of carboxylic acids is 1. The maximum Gasteiger partial charge on any atom is 0.355 e. The number of rotatable bonds is 5. The van der Waals surface area contributed by atoms with Gasteiger partial charge in [0.1, 0.15) is 5.01 Å². The molecule has 0 bridgehead atoms. The molecule has 1 aromatic rings. The first-order chi connectivity index (χ1) is 9.11. The Morgan fingerprint density at radius 2 is 2.42 bits per heavy atom. The van der Waals surface area contributed by atoms with Crippen LogP contribution in [0.25, 0.3) is 0 Å². The molecule has 1 aliphatic heterocycles. The Morgan fingerprint density at radius 3 is 3.05 bits per heavy atom. The first-order valence-corrected chi connectivity index (χ1v) is 7.06. The predicted molar refractivity (Wildman–Crippen MR) is 69.1 cm³/mol. The van der Waals surface area contributed by atoms with Gasteiger partial charge in [0.05, 0.1) is 18.6 Å². The van der Waals surface area contributed by atoms with E-state index in [2.05, 4.69) is 10.3 Å². The maximum atomic E-state index is 12.0. The van der Waals surface area contributed by atoms with E-state index in [0.717, 1.165) is 12.8 Å². The second-order valence-corrected chi connectivity index (χ2v) is 5.30. The Balaban J connectivity index is 1.87. The number of carbonyl (C=O) groups excluding carboxylic acids is 1. The van der Waals surface area contributed by atoms with Gasteiger partial charge in [0.2, 0.25) is 5.91 Å². The zero-order valence-electron chi connectivity index (χ0n) is 10.6. The zero-order valence-corrected chi connectivity index (χ0v) is 11.4. The molecule has 1 aromatic heterocycles. The van der Waals surface area contributed by atoms with E-state index in [-0.39, 0.29) is 30.2 Å². The van der Waals surface area contributed by atoms with Crippen LogP contribution in [0.3, 0.4) is 0 Å². The zero-order chi connectivity index (χ0) is 13.8. The number of amides is 1. The van der Waals surface area contributed by atoms with Gasteiger partial charge in [0.15, 0.2) is 5.69 Å². The van der Waals surface area contributed by atoms with Gasteiger partial charge in [0, 0.05) is 12.0 Å². The number of hydrogen-bond donors (Lipinski definition) is 2. The minimum Gasteiger partial charge on any atom is -0.476 e. The highest BCUT2D eigenvalue weighted by atomic mass is 32.1. The summed E-state index contributed by atoms with van der Waals surface area (Å²) >= 11 is 1.23. The molecule has 2 atom stereocenters. The lowest BCUT2D eigenvalue weighted by atomic mass is 9.99. The molecular weight excluding hydrogens is 268 g/mol. The molecule has 0 aliphatic carbocycles. The van der Waals surface area contributed by atoms with Crippen LogP contribution in [0, 0.1) is 5.92 Å². The summed E-state index contributed by atoms with van der Waals surface area (Å²) in [5.41, 5.74) is 0.0184. The molecule has 2 heterocycles. The molecule has 1 fully saturated rings. The molecular formula is C12H16N2O4S. The lowest BCUT2D eigenvalue weighted by Crippen LogP contribution is -2.34. The van der Waals surface area contributed by atoms with Gasteiger partial charge in [0.25, 0.3) is 0 Å². The Kier molecular flexibility index (Phi) is 4.49. The third-order valence-electron chi connectivity index (χ3n) is 3.13. The molecule has 0 saturated carbocycles. The van der Waals surface area contributed by atoms with Gasteiger partial charge in [-0.1, -0.05) is 6.92 Å². The minimum absolute atomic E-state index is 0.00845. The van der Waals surface area contributed by atoms with E-state index in [9.17, 15) is 9.59 Å². The number of aromatic carboxylic acids is 1. The van der Waals surface area contributed by atoms with Gasteiger partial charge in [-0.15, -0.1) is 11.3 Å². The van der Waals surface area contributed by atoms with E-state index in [1.54, 1.807) is 0 Å². The number of ether oxygens (including phenoxy) is 1. The molecule has 0 aromatic carbocycles. The molecule has 2 rings (SSSR count). The Hall–Kier alpha value is -1.47. The fourth-order valence-electron chi connectivity index (χ4n) is 2.13. The minimum atomic E-state index is -1.05. The van der Waals surface area contributed by atoms with Gasteiger partial charge in [-0.2, -0.15) is 0 Å². The normalized spacial score (nSPS) is 22.4. The summed E-state index contributed by atoms with van der Waals surface area (Å²) in [7, 11) is 0. The second-order valence-electron chi connectivity index (χ2n) is 4.36. The summed E-state index contributed by atoms with van der Waals surface area (Å²) < 4.78 is 5.47. The van der Waals surface area contributed by atoms with Crippen molar-refractivity contribution in [3.8, 4) is 0 Å². The predicted octanol–water partition coefficient (Wildman–Crippen LogP) is 1.27. The summed E-state index contributed by atoms with van der Waals surface area (Å²) in [6, 6.07) is 0. The largest absolute Gasteiger partial charge is 0.476 e. The van der Waals surface area contributed by atoms with Gasteiger partial charge >= 0.3 is 5.97 Å². The number of nitrogens with one attached hydrogen (secondary N) is 1. The van der Waals surface area contributed by atoms with Crippen molar-refractivity contribution in [3.63, 3.8) is 0 Å². The quantitative estimate of drug-likeness (QED) is 0.850. The van der Waals surface area contributed by atoms with Gasteiger partial charge in [-0.25, -0.2) is 9.78 Å². The van der Waals surface area contributed by atoms with Crippen LogP contribution in [-0.2, 0) is 16.1 Å². The Labute approximate surface area is 114 Å². The van der Waals surface area contributed by atoms with Crippen LogP contribution >= 0.6 is 11.3 Å². The van der Waals surface area contributed by atoms with E-state index in [1.165, 1.54) is 16.7 Å². The number of hydrogen-bond acceptors (Lipinski definition) is 5. The van der Waals surface area contributed by atoms with E-state index >= 15 is 0 Å². The number of carbonyl (C=O) groups is 2. The molecule has 1 amide bonds. The van der Waals surface area contributed by atoms with E-state index < -0.39 is 5.97 Å². The van der Waals surface area contributed by atoms with Crippen molar-refractivity contribution < 1.29 is 19.4 Å². The first-order valence-electron chi connectivity index (χ1n) is 6.18. The molecule has 2 N–H and O–H groups in total. The van der Waals surface area contributed by atoms with Crippen LogP contribution in [0.2, 0.25) is 0 Å². The molecule has 7 heteroatoms. The monoisotopic (exact) mass is 284 g/mol. The van der Waals surface area contributed by atoms with Crippen molar-refractivity contribution >= 4 is 23.2 Å². The average Bonchev–Trinajstić information content (AvgIpc) is 3.04. The smallest absolute Gasteiger partial charge is 0.355 e. The number of carboxylic acid groups (broad SMARTS) is 1. The SMILES string of the molecule is CCC1OCCC1C(=O)NCc1nc(C(=O)O)cs1. The standard InChI is InChI=1S/C12H16N2O4S/c1-2-9-7(3-4-18-9)11(15)13-5-10-14-8(6-19-10)12(16)17/h6-7,9H,2-5H2,1H3,(H,13,15)(H,16,17). The molecule has 19 heavy (non-hydrogen) atoms. The van der Waals surface area contributed by atoms with Crippen molar-refractivity contribution in [2.45, 2.75) is 32.4 Å². The molecule has 1 aliphatic rings. The summed E-state index contributed by atoms with van der Waals surface area (Å²) in [6.07, 6.45) is 1.55. The van der Waals surface area contributed by atoms with E-state index in [1.807, 2.05) is 6.92 Å². The van der Waals surface area contributed by atoms with Crippen molar-refractivity contribution in [2.24, 2.45) is 5.92 Å². The van der Waals surface area contributed by atoms with Crippen LogP contribution < -0.4 is 5.32 Å². The third kappa shape index (κ3) is 3.30. The number of nitrogens with zero attached hydrogens (tertiary/aromatic N) is 1. The van der Waals surface area contributed by atoms with Gasteiger partial charge < -0.3 is 15.2 Å². The summed E-state index contributed by atoms with van der Waals surface area (Å²) in [5.74, 6) is -1.20. The number of thiazole rings is 1. The summed E-state index contributed by atoms with van der Waals surface area (Å²) in [6.45, 7) is 2.89. The Bertz CT molecular complexity index is 474. The summed E-state index contributed by atoms with van der Waals surface area (Å²) in [5, 5.41) is 13.6. The molecule has 1 saturated heterocycles. The van der Waals surface area contributed by atoms with Gasteiger partial charge in [-0.05, 0) is 12.8 Å². The highest BCUT2D eigenvalue weighted by molar-refractivity contribution is 7.09. The molecule has 104 valence electrons. The van der Waals surface area contributed by atoms with Crippen LogP contribution in [0.4, 0.5) is 0 Å². The topological polar surface area (TPSA) is 88.5 Å². The molecule has 0 radical (unpaired) electrons. The fraction of sp³-hybridized carbons (Fsp3) is 0.583. The van der Waals surface area contributed by atoms with E-state index in [4.69, 9.17) is 9.84 Å². The molecule has 6 nitrogen and oxygen atoms in total. The van der Waals surface area contributed by atoms with Crippen LogP contribution in [0.5, 0.6) is 0 Å². The van der Waals surface area contributed by atoms with Crippen LogP contribution in [0.1, 0.15) is 35.3 Å². The molecule has 0 spiro atoms. The first kappa shape index (κ1) is 14.0. The van der Waals surface area contributed by atoms with Gasteiger partial charge in [-0.3, -0.25) is 4.79 Å². The third-order valence-corrected chi connectivity index (χ3v) is 3.98. The highest BCUT2D eigenvalue weighted by Gasteiger charge is 2.32. The maximum absolute atomic E-state index is 12.0. The van der Waals surface area contributed by atoms with Crippen molar-refractivity contribution in [3.05, 3.63) is 16.1 Å². The highest BCUT2D eigenvalue weighted by Crippen LogP contribution is 2.23. The van der Waals surface area contributed by atoms with Crippen molar-refractivity contribution in [1.82, 2.24) is 10.3 Å². The van der Waals surface area contributed by atoms with Crippen molar-refractivity contribution in [2.75, 3.05) is 6.61 Å². The lowest BCUT2D eigenvalue weighted by Gasteiger charge is -2.15. The van der Waals surface area contributed by atoms with Crippen LogP contribution in [-0.4, -0.2) is 34.7 Å². The Morgan fingerprint density at radius 1 is 1.63 bits per heavy atom.